The molecule has 0 N–H and O–H groups in total. The van der Waals surface area contributed by atoms with E-state index in [1.807, 2.05) is 19.1 Å². The van der Waals surface area contributed by atoms with Gasteiger partial charge in [0.15, 0.2) is 11.5 Å². The Bertz CT molecular complexity index is 657. The Labute approximate surface area is 195 Å². The van der Waals surface area contributed by atoms with E-state index < -0.39 is 0 Å². The number of amides is 1. The minimum absolute atomic E-state index is 0.288. The van der Waals surface area contributed by atoms with Crippen LogP contribution in [-0.4, -0.2) is 80.3 Å². The second-order valence-corrected chi connectivity index (χ2v) is 9.34. The number of piperidine rings is 1. The van der Waals surface area contributed by atoms with Crippen LogP contribution in [-0.2, 0) is 14.3 Å². The van der Waals surface area contributed by atoms with Gasteiger partial charge in [0.2, 0.25) is 12.7 Å². The molecule has 0 aromatic heterocycles. The van der Waals surface area contributed by atoms with Gasteiger partial charge in [-0.25, -0.2) is 0 Å². The maximum atomic E-state index is 13.2. The molecule has 2 aliphatic rings. The Hall–Kier alpha value is -1.79. The second kappa shape index (κ2) is 14.4. The molecule has 2 rings (SSSR count). The molecule has 182 valence electrons. The van der Waals surface area contributed by atoms with Crippen molar-refractivity contribution >= 4 is 5.91 Å². The normalized spacial score (nSPS) is 24.4. The molecule has 0 aromatic rings. The third-order valence-electron chi connectivity index (χ3n) is 6.37. The predicted molar refractivity (Wildman–Crippen MR) is 131 cm³/mol. The Morgan fingerprint density at radius 1 is 1.09 bits per heavy atom. The minimum Gasteiger partial charge on any atom is -0.454 e. The topological polar surface area (TPSA) is 45.3 Å². The van der Waals surface area contributed by atoms with Crippen LogP contribution < -0.4 is 0 Å². The Morgan fingerprint density at radius 3 is 2.53 bits per heavy atom. The smallest absolute Gasteiger partial charge is 0.236 e. The van der Waals surface area contributed by atoms with Crippen molar-refractivity contribution in [3.8, 4) is 0 Å². The van der Waals surface area contributed by atoms with Gasteiger partial charge in [-0.2, -0.15) is 0 Å². The van der Waals surface area contributed by atoms with Crippen molar-refractivity contribution in [1.29, 1.82) is 0 Å². The molecule has 1 amide bonds. The van der Waals surface area contributed by atoms with E-state index in [4.69, 9.17) is 9.47 Å². The van der Waals surface area contributed by atoms with Crippen LogP contribution in [0, 0.1) is 5.92 Å². The van der Waals surface area contributed by atoms with Crippen LogP contribution in [0.25, 0.3) is 0 Å². The zero-order chi connectivity index (χ0) is 23.3. The van der Waals surface area contributed by atoms with E-state index in [0.717, 1.165) is 76.2 Å². The Balaban J connectivity index is 1.89. The fraction of sp³-hybridized carbons (Fsp3) is 0.731. The number of ether oxygens (including phenoxy) is 2. The molecule has 6 nitrogen and oxygen atoms in total. The van der Waals surface area contributed by atoms with Crippen molar-refractivity contribution in [2.45, 2.75) is 65.3 Å². The number of hydrogen-bond donors (Lipinski definition) is 0. The molecule has 2 atom stereocenters. The van der Waals surface area contributed by atoms with Crippen LogP contribution in [0.2, 0.25) is 0 Å². The number of likely N-dealkylation sites (tertiary alicyclic amines) is 1. The van der Waals surface area contributed by atoms with Crippen molar-refractivity contribution in [2.24, 2.45) is 5.92 Å². The third kappa shape index (κ3) is 8.99. The number of hydrogen-bond acceptors (Lipinski definition) is 5. The second-order valence-electron chi connectivity index (χ2n) is 9.34. The first-order chi connectivity index (χ1) is 15.4. The van der Waals surface area contributed by atoms with Gasteiger partial charge in [0.1, 0.15) is 0 Å². The fourth-order valence-corrected chi connectivity index (χ4v) is 4.26. The van der Waals surface area contributed by atoms with Gasteiger partial charge in [0.05, 0.1) is 6.54 Å². The van der Waals surface area contributed by atoms with E-state index in [1.54, 1.807) is 0 Å². The van der Waals surface area contributed by atoms with Gasteiger partial charge in [-0.15, -0.1) is 0 Å². The van der Waals surface area contributed by atoms with E-state index >= 15 is 0 Å². The van der Waals surface area contributed by atoms with Gasteiger partial charge in [-0.3, -0.25) is 9.69 Å². The fourth-order valence-electron chi connectivity index (χ4n) is 4.26. The summed E-state index contributed by atoms with van der Waals surface area (Å²) < 4.78 is 10.9. The average Bonchev–Trinajstić information content (AvgIpc) is 3.22. The Morgan fingerprint density at radius 2 is 1.81 bits per heavy atom. The van der Waals surface area contributed by atoms with Crippen LogP contribution >= 0.6 is 0 Å². The summed E-state index contributed by atoms with van der Waals surface area (Å²) in [6.07, 6.45) is 14.9. The zero-order valence-electron chi connectivity index (χ0n) is 21.0. The van der Waals surface area contributed by atoms with Crippen LogP contribution in [0.5, 0.6) is 0 Å². The van der Waals surface area contributed by atoms with E-state index in [2.05, 4.69) is 54.8 Å². The van der Waals surface area contributed by atoms with Crippen LogP contribution in [0.3, 0.4) is 0 Å². The standard InChI is InChI=1S/C26H45N3O3/c1-6-8-17-28(18-10-9-16-27(4)5)26(30)20-29-19-23(15-14-22(29)3)12-11-13-25-24(7-2)31-21-32-25/h7,11-13,22-23H,6,8-10,14-21H2,1-5H3/b12-11+,24-7+,25-13+/t22-,23?/m0/s1. The van der Waals surface area contributed by atoms with Gasteiger partial charge in [-0.1, -0.05) is 25.5 Å². The number of carbonyl (C=O) groups excluding carboxylic acids is 1. The van der Waals surface area contributed by atoms with Crippen LogP contribution in [0.1, 0.15) is 59.3 Å². The van der Waals surface area contributed by atoms with Crippen molar-refractivity contribution in [1.82, 2.24) is 14.7 Å². The lowest BCUT2D eigenvalue weighted by Crippen LogP contribution is -2.48. The number of carbonyl (C=O) groups is 1. The van der Waals surface area contributed by atoms with Crippen molar-refractivity contribution in [3.05, 3.63) is 35.8 Å². The number of rotatable bonds is 12. The molecule has 0 bridgehead atoms. The molecule has 2 saturated heterocycles. The van der Waals surface area contributed by atoms with Gasteiger partial charge >= 0.3 is 0 Å². The summed E-state index contributed by atoms with van der Waals surface area (Å²) in [5.74, 6) is 2.34. The summed E-state index contributed by atoms with van der Waals surface area (Å²) in [6.45, 7) is 11.0. The van der Waals surface area contributed by atoms with Crippen molar-refractivity contribution in [3.63, 3.8) is 0 Å². The quantitative estimate of drug-likeness (QED) is 0.415. The minimum atomic E-state index is 0.288. The average molecular weight is 448 g/mol. The molecule has 2 heterocycles. The monoisotopic (exact) mass is 447 g/mol. The molecule has 1 unspecified atom stereocenters. The third-order valence-corrected chi connectivity index (χ3v) is 6.37. The van der Waals surface area contributed by atoms with Crippen LogP contribution in [0.15, 0.2) is 35.8 Å². The molecule has 0 aliphatic carbocycles. The van der Waals surface area contributed by atoms with Gasteiger partial charge in [-0.05, 0) is 84.7 Å². The lowest BCUT2D eigenvalue weighted by atomic mass is 9.93. The summed E-state index contributed by atoms with van der Waals surface area (Å²) in [5, 5.41) is 0. The highest BCUT2D eigenvalue weighted by atomic mass is 16.7. The molecule has 0 radical (unpaired) electrons. The van der Waals surface area contributed by atoms with E-state index in [-0.39, 0.29) is 5.91 Å². The SMILES string of the molecule is C/C=C1/OCO/C1=C/C=C/C1CC[C@H](C)N(CC(=O)N(CCCC)CCCCN(C)C)C1. The predicted octanol–water partition coefficient (Wildman–Crippen LogP) is 4.41. The molecule has 32 heavy (non-hydrogen) atoms. The largest absolute Gasteiger partial charge is 0.454 e. The lowest BCUT2D eigenvalue weighted by molar-refractivity contribution is -0.133. The zero-order valence-corrected chi connectivity index (χ0v) is 21.0. The Kier molecular flexibility index (Phi) is 11.9. The van der Waals surface area contributed by atoms with Gasteiger partial charge < -0.3 is 19.3 Å². The van der Waals surface area contributed by atoms with Crippen molar-refractivity contribution < 1.29 is 14.3 Å². The molecular formula is C26H45N3O3. The summed E-state index contributed by atoms with van der Waals surface area (Å²) in [6, 6.07) is 0.449. The summed E-state index contributed by atoms with van der Waals surface area (Å²) in [4.78, 5) is 19.9. The summed E-state index contributed by atoms with van der Waals surface area (Å²) >= 11 is 0. The molecule has 0 saturated carbocycles. The first-order valence-corrected chi connectivity index (χ1v) is 12.4. The molecule has 0 aromatic carbocycles. The molecule has 2 aliphatic heterocycles. The van der Waals surface area contributed by atoms with E-state index in [0.29, 0.717) is 25.3 Å². The van der Waals surface area contributed by atoms with Crippen molar-refractivity contribution in [2.75, 3.05) is 53.6 Å². The maximum absolute atomic E-state index is 13.2. The molecular weight excluding hydrogens is 402 g/mol. The highest BCUT2D eigenvalue weighted by Gasteiger charge is 2.27. The van der Waals surface area contributed by atoms with Gasteiger partial charge in [0, 0.05) is 25.7 Å². The summed E-state index contributed by atoms with van der Waals surface area (Å²) in [5.41, 5.74) is 0. The van der Waals surface area contributed by atoms with Gasteiger partial charge in [0.25, 0.3) is 0 Å². The number of unbranched alkanes of at least 4 members (excludes halogenated alkanes) is 2. The van der Waals surface area contributed by atoms with Crippen LogP contribution in [0.4, 0.5) is 0 Å². The lowest BCUT2D eigenvalue weighted by Gasteiger charge is -2.37. The first kappa shape index (κ1) is 26.5. The number of allylic oxidation sites excluding steroid dienone is 3. The summed E-state index contributed by atoms with van der Waals surface area (Å²) in [7, 11) is 4.21. The molecule has 0 spiro atoms. The van der Waals surface area contributed by atoms with E-state index in [1.165, 1.54) is 0 Å². The highest BCUT2D eigenvalue weighted by molar-refractivity contribution is 5.78. The highest BCUT2D eigenvalue weighted by Crippen LogP contribution is 2.24. The molecule has 6 heteroatoms. The maximum Gasteiger partial charge on any atom is 0.236 e. The van der Waals surface area contributed by atoms with E-state index in [9.17, 15) is 4.79 Å². The number of nitrogens with zero attached hydrogens (tertiary/aromatic N) is 3. The molecule has 2 fully saturated rings. The first-order valence-electron chi connectivity index (χ1n) is 12.4.